The first-order chi connectivity index (χ1) is 16.1. The zero-order chi connectivity index (χ0) is 24.7. The highest BCUT2D eigenvalue weighted by Crippen LogP contribution is 2.47. The number of carbonyl (C=O) groups is 1. The van der Waals surface area contributed by atoms with E-state index in [9.17, 15) is 21.6 Å². The predicted octanol–water partition coefficient (Wildman–Crippen LogP) is 2.45. The van der Waals surface area contributed by atoms with Crippen LogP contribution in [-0.2, 0) is 29.2 Å². The minimum Gasteiger partial charge on any atom is -0.462 e. The molecule has 12 heteroatoms. The van der Waals surface area contributed by atoms with Crippen molar-refractivity contribution >= 4 is 37.2 Å². The number of fused-ring (bicyclic) bond motifs is 1. The molecule has 0 bridgehead atoms. The van der Waals surface area contributed by atoms with Gasteiger partial charge in [0.05, 0.1) is 38.5 Å². The predicted molar refractivity (Wildman–Crippen MR) is 121 cm³/mol. The van der Waals surface area contributed by atoms with Crippen LogP contribution in [0.4, 0.5) is 4.39 Å². The van der Waals surface area contributed by atoms with Crippen molar-refractivity contribution in [3.63, 3.8) is 0 Å². The van der Waals surface area contributed by atoms with Gasteiger partial charge in [0, 0.05) is 35.5 Å². The summed E-state index contributed by atoms with van der Waals surface area (Å²) in [5.41, 5.74) is -0.791. The standard InChI is InChI=1S/C22H19ClFNO7S2/c23-14-5-3-6-15(24)20(14)19-13(22(27)32-10-4-9-26)11-25-16-12-33(28,29)17-7-1-2-8-18(17)34(30,31)21(16)19/h1-3,5-8,11,19,25-26H,4,9-10,12H2. The van der Waals surface area contributed by atoms with Gasteiger partial charge in [-0.1, -0.05) is 29.8 Å². The molecule has 8 nitrogen and oxygen atoms in total. The average molecular weight is 528 g/mol. The minimum atomic E-state index is -4.55. The van der Waals surface area contributed by atoms with Crippen LogP contribution in [0.15, 0.2) is 74.6 Å². The molecule has 0 saturated heterocycles. The number of esters is 1. The van der Waals surface area contributed by atoms with Crippen LogP contribution in [0, 0.1) is 5.82 Å². The molecular weight excluding hydrogens is 509 g/mol. The van der Waals surface area contributed by atoms with Gasteiger partial charge in [-0.05, 0) is 24.3 Å². The Morgan fingerprint density at radius 3 is 2.50 bits per heavy atom. The first kappa shape index (κ1) is 24.4. The lowest BCUT2D eigenvalue weighted by Gasteiger charge is -2.29. The molecule has 2 aromatic carbocycles. The van der Waals surface area contributed by atoms with Crippen LogP contribution in [0.25, 0.3) is 0 Å². The molecule has 4 rings (SSSR count). The van der Waals surface area contributed by atoms with Gasteiger partial charge >= 0.3 is 5.97 Å². The maximum atomic E-state index is 15.1. The van der Waals surface area contributed by atoms with Crippen LogP contribution in [0.5, 0.6) is 0 Å². The van der Waals surface area contributed by atoms with Gasteiger partial charge in [0.15, 0.2) is 9.84 Å². The number of aliphatic hydroxyl groups is 1. The van der Waals surface area contributed by atoms with Gasteiger partial charge in [-0.2, -0.15) is 0 Å². The number of aliphatic hydroxyl groups excluding tert-OH is 1. The summed E-state index contributed by atoms with van der Waals surface area (Å²) in [5.74, 6) is -4.13. The zero-order valence-corrected chi connectivity index (χ0v) is 19.9. The number of rotatable bonds is 5. The van der Waals surface area contributed by atoms with E-state index in [0.29, 0.717) is 0 Å². The number of ether oxygens (including phenoxy) is 1. The lowest BCUT2D eigenvalue weighted by atomic mass is 9.88. The Bertz CT molecular complexity index is 1430. The van der Waals surface area contributed by atoms with Crippen molar-refractivity contribution in [2.24, 2.45) is 0 Å². The molecule has 0 saturated carbocycles. The van der Waals surface area contributed by atoms with Crippen molar-refractivity contribution in [3.8, 4) is 0 Å². The van der Waals surface area contributed by atoms with Crippen molar-refractivity contribution in [1.29, 1.82) is 0 Å². The molecule has 0 fully saturated rings. The van der Waals surface area contributed by atoms with E-state index >= 15 is 4.39 Å². The number of hydrogen-bond acceptors (Lipinski definition) is 8. The number of sulfone groups is 2. The maximum absolute atomic E-state index is 15.1. The normalized spacial score (nSPS) is 20.3. The Kier molecular flexibility index (Phi) is 6.56. The van der Waals surface area contributed by atoms with Crippen LogP contribution in [-0.4, -0.2) is 46.9 Å². The summed E-state index contributed by atoms with van der Waals surface area (Å²) in [6, 6.07) is 8.83. The molecule has 0 spiro atoms. The molecule has 1 atom stereocenters. The van der Waals surface area contributed by atoms with Gasteiger partial charge in [0.25, 0.3) is 0 Å². The molecule has 0 aliphatic carbocycles. The molecule has 0 radical (unpaired) electrons. The average Bonchev–Trinajstić information content (AvgIpc) is 2.85. The van der Waals surface area contributed by atoms with E-state index in [1.165, 1.54) is 30.3 Å². The Balaban J connectivity index is 1.99. The molecule has 2 aliphatic rings. The van der Waals surface area contributed by atoms with Gasteiger partial charge in [-0.25, -0.2) is 26.0 Å². The monoisotopic (exact) mass is 527 g/mol. The van der Waals surface area contributed by atoms with Crippen molar-refractivity contribution in [3.05, 3.63) is 81.2 Å². The third-order valence-corrected chi connectivity index (χ3v) is 9.58. The molecule has 2 aromatic rings. The van der Waals surface area contributed by atoms with E-state index in [1.54, 1.807) is 0 Å². The number of hydrogen-bond donors (Lipinski definition) is 2. The molecule has 0 aromatic heterocycles. The third-order valence-electron chi connectivity index (χ3n) is 5.43. The van der Waals surface area contributed by atoms with E-state index in [2.05, 4.69) is 5.32 Å². The van der Waals surface area contributed by atoms with Crippen molar-refractivity contribution in [2.45, 2.75) is 22.1 Å². The second kappa shape index (κ2) is 9.14. The highest BCUT2D eigenvalue weighted by atomic mass is 35.5. The van der Waals surface area contributed by atoms with E-state index in [-0.39, 0.29) is 41.5 Å². The topological polar surface area (TPSA) is 127 Å². The fraction of sp³-hybridized carbons (Fsp3) is 0.227. The summed E-state index contributed by atoms with van der Waals surface area (Å²) in [6.45, 7) is -0.411. The highest BCUT2D eigenvalue weighted by Gasteiger charge is 2.46. The maximum Gasteiger partial charge on any atom is 0.336 e. The Labute approximate surface area is 200 Å². The van der Waals surface area contributed by atoms with Gasteiger partial charge in [-0.3, -0.25) is 0 Å². The summed E-state index contributed by atoms with van der Waals surface area (Å²) in [7, 11) is -8.65. The lowest BCUT2D eigenvalue weighted by Crippen LogP contribution is -2.31. The molecule has 2 heterocycles. The van der Waals surface area contributed by atoms with Gasteiger partial charge in [0.2, 0.25) is 9.84 Å². The number of carbonyl (C=O) groups excluding carboxylic acids is 1. The first-order valence-corrected chi connectivity index (χ1v) is 13.6. The van der Waals surface area contributed by atoms with Crippen LogP contribution >= 0.6 is 11.6 Å². The van der Waals surface area contributed by atoms with E-state index in [0.717, 1.165) is 18.3 Å². The van der Waals surface area contributed by atoms with Crippen LogP contribution in [0.3, 0.4) is 0 Å². The quantitative estimate of drug-likeness (QED) is 0.448. The number of allylic oxidation sites excluding steroid dienone is 1. The Morgan fingerprint density at radius 1 is 1.12 bits per heavy atom. The Morgan fingerprint density at radius 2 is 1.82 bits per heavy atom. The van der Waals surface area contributed by atoms with E-state index in [4.69, 9.17) is 21.4 Å². The molecule has 0 amide bonds. The lowest BCUT2D eigenvalue weighted by molar-refractivity contribution is -0.139. The van der Waals surface area contributed by atoms with Crippen LogP contribution < -0.4 is 5.32 Å². The van der Waals surface area contributed by atoms with Gasteiger partial charge in [0.1, 0.15) is 5.82 Å². The summed E-state index contributed by atoms with van der Waals surface area (Å²) in [5, 5.41) is 11.4. The first-order valence-electron chi connectivity index (χ1n) is 10.1. The fourth-order valence-corrected chi connectivity index (χ4v) is 8.29. The zero-order valence-electron chi connectivity index (χ0n) is 17.5. The van der Waals surface area contributed by atoms with Crippen molar-refractivity contribution < 1.29 is 35.9 Å². The summed E-state index contributed by atoms with van der Waals surface area (Å²) in [4.78, 5) is 11.5. The van der Waals surface area contributed by atoms with Crippen LogP contribution in [0.1, 0.15) is 17.9 Å². The third kappa shape index (κ3) is 4.13. The molecule has 1 unspecified atom stereocenters. The van der Waals surface area contributed by atoms with Crippen molar-refractivity contribution in [2.75, 3.05) is 19.0 Å². The fourth-order valence-electron chi connectivity index (χ4n) is 3.94. The second-order valence-corrected chi connectivity index (χ2v) is 11.8. The summed E-state index contributed by atoms with van der Waals surface area (Å²) >= 11 is 6.27. The highest BCUT2D eigenvalue weighted by molar-refractivity contribution is 7.97. The second-order valence-electron chi connectivity index (χ2n) is 7.58. The summed E-state index contributed by atoms with van der Waals surface area (Å²) < 4.78 is 74.0. The summed E-state index contributed by atoms with van der Waals surface area (Å²) in [6.07, 6.45) is 1.24. The van der Waals surface area contributed by atoms with E-state index in [1.807, 2.05) is 0 Å². The molecule has 2 aliphatic heterocycles. The molecule has 180 valence electrons. The number of dihydropyridines is 1. The van der Waals surface area contributed by atoms with Crippen LogP contribution in [0.2, 0.25) is 5.02 Å². The molecular formula is C22H19ClFNO7S2. The number of benzene rings is 2. The number of nitrogens with one attached hydrogen (secondary N) is 1. The number of halogens is 2. The smallest absolute Gasteiger partial charge is 0.336 e. The largest absolute Gasteiger partial charge is 0.462 e. The molecule has 2 N–H and O–H groups in total. The minimum absolute atomic E-state index is 0.134. The Hall–Kier alpha value is -2.73. The van der Waals surface area contributed by atoms with Gasteiger partial charge < -0.3 is 15.2 Å². The van der Waals surface area contributed by atoms with Gasteiger partial charge in [-0.15, -0.1) is 0 Å². The SMILES string of the molecule is O=C(OCCCO)C1=CNC2=C(C1c1c(F)cccc1Cl)S(=O)(=O)c1ccccc1S(=O)(=O)C2. The van der Waals surface area contributed by atoms with Crippen molar-refractivity contribution in [1.82, 2.24) is 5.32 Å². The molecule has 34 heavy (non-hydrogen) atoms. The van der Waals surface area contributed by atoms with E-state index < -0.39 is 57.8 Å².